The van der Waals surface area contributed by atoms with E-state index in [4.69, 9.17) is 0 Å². The molecule has 0 amide bonds. The highest BCUT2D eigenvalue weighted by Crippen LogP contribution is 2.35. The largest absolute Gasteiger partial charge is 0.872 e. The van der Waals surface area contributed by atoms with Crippen LogP contribution in [-0.2, 0) is 0 Å². The zero-order valence-corrected chi connectivity index (χ0v) is 10.5. The van der Waals surface area contributed by atoms with Gasteiger partial charge in [-0.1, -0.05) is 27.7 Å². The van der Waals surface area contributed by atoms with E-state index in [1.807, 2.05) is 0 Å². The van der Waals surface area contributed by atoms with Crippen LogP contribution < -0.4 is 11.3 Å². The van der Waals surface area contributed by atoms with E-state index in [1.165, 1.54) is 6.07 Å². The second kappa shape index (κ2) is 4.45. The van der Waals surface area contributed by atoms with Gasteiger partial charge in [0.25, 0.3) is 0 Å². The molecule has 2 nitrogen and oxygen atoms in total. The van der Waals surface area contributed by atoms with Gasteiger partial charge in [0.2, 0.25) is 0 Å². The van der Waals surface area contributed by atoms with Crippen LogP contribution >= 0.6 is 47.8 Å². The predicted octanol–water partition coefficient (Wildman–Crippen LogP) is 3.42. The van der Waals surface area contributed by atoms with Crippen LogP contribution in [0.5, 0.6) is 5.75 Å². The van der Waals surface area contributed by atoms with Crippen LogP contribution in [0.1, 0.15) is 0 Å². The molecule has 1 aromatic rings. The summed E-state index contributed by atoms with van der Waals surface area (Å²) in [5.74, 6) is -0.0184. The molecule has 4 N–H and O–H groups in total. The van der Waals surface area contributed by atoms with Crippen molar-refractivity contribution in [3.8, 4) is 5.75 Å². The van der Waals surface area contributed by atoms with Crippen molar-refractivity contribution in [1.82, 2.24) is 6.15 Å². The number of benzene rings is 1. The molecule has 5 heteroatoms. The van der Waals surface area contributed by atoms with Gasteiger partial charge >= 0.3 is 0 Å². The molecule has 0 atom stereocenters. The minimum absolute atomic E-state index is 0. The van der Waals surface area contributed by atoms with Crippen molar-refractivity contribution in [2.75, 3.05) is 0 Å². The van der Waals surface area contributed by atoms with E-state index in [0.717, 1.165) is 8.95 Å². The molecule has 0 aliphatic heterocycles. The first-order chi connectivity index (χ1) is 4.63. The van der Waals surface area contributed by atoms with Gasteiger partial charge in [0.1, 0.15) is 0 Å². The van der Waals surface area contributed by atoms with Crippen molar-refractivity contribution in [3.63, 3.8) is 0 Å². The summed E-state index contributed by atoms with van der Waals surface area (Å²) in [5.41, 5.74) is 0. The molecule has 1 rings (SSSR count). The molecule has 0 aromatic heterocycles. The number of quaternary nitrogens is 1. The number of halogens is 3. The fourth-order valence-electron chi connectivity index (χ4n) is 0.508. The minimum atomic E-state index is -0.0184. The van der Waals surface area contributed by atoms with Crippen molar-refractivity contribution in [2.24, 2.45) is 0 Å². The van der Waals surface area contributed by atoms with Gasteiger partial charge in [-0.05, 0) is 37.9 Å². The summed E-state index contributed by atoms with van der Waals surface area (Å²) in [6, 6.07) is 3.20. The van der Waals surface area contributed by atoms with Gasteiger partial charge in [-0.2, -0.15) is 0 Å². The molecule has 0 aliphatic carbocycles. The van der Waals surface area contributed by atoms with E-state index in [0.29, 0.717) is 4.47 Å². The third-order valence-electron chi connectivity index (χ3n) is 1.000. The third-order valence-corrected chi connectivity index (χ3v) is 4.34. The lowest BCUT2D eigenvalue weighted by Crippen LogP contribution is -1.90. The lowest BCUT2D eigenvalue weighted by Gasteiger charge is -2.09. The third kappa shape index (κ3) is 2.43. The Morgan fingerprint density at radius 3 is 2.00 bits per heavy atom. The van der Waals surface area contributed by atoms with Crippen molar-refractivity contribution in [3.05, 3.63) is 25.6 Å². The Labute approximate surface area is 90.0 Å². The summed E-state index contributed by atoms with van der Waals surface area (Å²) < 4.78 is 2.20. The summed E-state index contributed by atoms with van der Waals surface area (Å²) in [7, 11) is 0. The molecule has 1 aromatic carbocycles. The summed E-state index contributed by atoms with van der Waals surface area (Å²) in [6.45, 7) is 0. The highest BCUT2D eigenvalue weighted by atomic mass is 79.9. The Kier molecular flexibility index (Phi) is 4.62. The summed E-state index contributed by atoms with van der Waals surface area (Å²) >= 11 is 9.64. The van der Waals surface area contributed by atoms with Crippen LogP contribution in [0.15, 0.2) is 25.6 Å². The number of hydrogen-bond donors (Lipinski definition) is 1. The maximum absolute atomic E-state index is 10.9. The molecule has 62 valence electrons. The van der Waals surface area contributed by atoms with Crippen LogP contribution in [0.3, 0.4) is 0 Å². The molecular formula is C6H6Br3NO. The van der Waals surface area contributed by atoms with Gasteiger partial charge < -0.3 is 11.3 Å². The average molecular weight is 348 g/mol. The van der Waals surface area contributed by atoms with Crippen LogP contribution in [-0.4, -0.2) is 0 Å². The molecule has 0 radical (unpaired) electrons. The molecular weight excluding hydrogens is 342 g/mol. The Morgan fingerprint density at radius 1 is 1.00 bits per heavy atom. The van der Waals surface area contributed by atoms with Gasteiger partial charge in [-0.15, -0.1) is 0 Å². The Hall–Kier alpha value is 0.420. The molecule has 11 heavy (non-hydrogen) atoms. The normalized spacial score (nSPS) is 9.00. The topological polar surface area (TPSA) is 59.6 Å². The van der Waals surface area contributed by atoms with Gasteiger partial charge in [-0.25, -0.2) is 0 Å². The lowest BCUT2D eigenvalue weighted by molar-refractivity contribution is -0.269. The first-order valence-electron chi connectivity index (χ1n) is 2.43. The first-order valence-corrected chi connectivity index (χ1v) is 4.81. The van der Waals surface area contributed by atoms with Gasteiger partial charge in [-0.3, -0.25) is 0 Å². The van der Waals surface area contributed by atoms with E-state index < -0.39 is 0 Å². The fourth-order valence-corrected chi connectivity index (χ4v) is 1.78. The average Bonchev–Trinajstić information content (AvgIpc) is 1.93. The van der Waals surface area contributed by atoms with E-state index in [9.17, 15) is 5.11 Å². The molecule has 0 saturated carbocycles. The molecule has 0 aliphatic rings. The second-order valence-electron chi connectivity index (χ2n) is 1.67. The van der Waals surface area contributed by atoms with E-state index in [1.54, 1.807) is 6.07 Å². The molecule has 0 spiro atoms. The summed E-state index contributed by atoms with van der Waals surface area (Å²) in [5, 5.41) is 10.9. The molecule has 0 saturated heterocycles. The van der Waals surface area contributed by atoms with Gasteiger partial charge in [0.05, 0.1) is 0 Å². The first kappa shape index (κ1) is 11.4. The maximum atomic E-state index is 10.9. The molecule has 0 heterocycles. The van der Waals surface area contributed by atoms with Gasteiger partial charge in [0, 0.05) is 13.4 Å². The molecule has 0 fully saturated rings. The zero-order chi connectivity index (χ0) is 7.72. The SMILES string of the molecule is [NH4+].[O-]c1ccc(Br)c(Br)c1Br. The van der Waals surface area contributed by atoms with E-state index in [2.05, 4.69) is 47.8 Å². The van der Waals surface area contributed by atoms with Crippen LogP contribution in [0.2, 0.25) is 0 Å². The predicted molar refractivity (Wildman–Crippen MR) is 55.0 cm³/mol. The van der Waals surface area contributed by atoms with Gasteiger partial charge in [0.15, 0.2) is 0 Å². The van der Waals surface area contributed by atoms with Crippen molar-refractivity contribution >= 4 is 47.8 Å². The van der Waals surface area contributed by atoms with Crippen molar-refractivity contribution < 1.29 is 5.11 Å². The Balaban J connectivity index is 0.000001000. The van der Waals surface area contributed by atoms with Crippen LogP contribution in [0, 0.1) is 0 Å². The smallest absolute Gasteiger partial charge is 0.0453 e. The summed E-state index contributed by atoms with van der Waals surface area (Å²) in [6.07, 6.45) is 0. The van der Waals surface area contributed by atoms with Crippen LogP contribution in [0.4, 0.5) is 0 Å². The highest BCUT2D eigenvalue weighted by Gasteiger charge is 1.99. The highest BCUT2D eigenvalue weighted by molar-refractivity contribution is 9.14. The maximum Gasteiger partial charge on any atom is 0.0453 e. The minimum Gasteiger partial charge on any atom is -0.872 e. The second-order valence-corrected chi connectivity index (χ2v) is 4.11. The molecule has 0 bridgehead atoms. The summed E-state index contributed by atoms with van der Waals surface area (Å²) in [4.78, 5) is 0. The standard InChI is InChI=1S/C6H3Br3O.H3N/c7-3-1-2-4(10)6(9)5(3)8;/h1-2,10H;1H3. The Morgan fingerprint density at radius 2 is 1.55 bits per heavy atom. The number of hydrogen-bond acceptors (Lipinski definition) is 1. The Bertz CT molecular complexity index is 237. The zero-order valence-electron chi connectivity index (χ0n) is 5.70. The van der Waals surface area contributed by atoms with Crippen LogP contribution in [0.25, 0.3) is 0 Å². The number of rotatable bonds is 0. The quantitative estimate of drug-likeness (QED) is 0.718. The fraction of sp³-hybridized carbons (Fsp3) is 0. The molecule has 0 unspecified atom stereocenters. The van der Waals surface area contributed by atoms with Crippen molar-refractivity contribution in [2.45, 2.75) is 0 Å². The van der Waals surface area contributed by atoms with E-state index >= 15 is 0 Å². The monoisotopic (exact) mass is 345 g/mol. The lowest BCUT2D eigenvalue weighted by atomic mass is 10.3. The van der Waals surface area contributed by atoms with Crippen molar-refractivity contribution in [1.29, 1.82) is 0 Å². The van der Waals surface area contributed by atoms with E-state index in [-0.39, 0.29) is 11.9 Å².